The molecule has 1 aromatic rings. The van der Waals surface area contributed by atoms with Gasteiger partial charge in [0.15, 0.2) is 0 Å². The molecule has 0 spiro atoms. The van der Waals surface area contributed by atoms with Gasteiger partial charge in [0, 0.05) is 19.0 Å². The topological polar surface area (TPSA) is 103 Å². The monoisotopic (exact) mass is 267 g/mol. The highest BCUT2D eigenvalue weighted by Crippen LogP contribution is 2.22. The Kier molecular flexibility index (Phi) is 3.98. The number of ether oxygens (including phenoxy) is 2. The SMILES string of the molecule is COc1nc(OC)nc(N2CCC(C(N)=O)CC2)n1. The molecule has 0 atom stereocenters. The minimum Gasteiger partial charge on any atom is -0.467 e. The Hall–Kier alpha value is -2.12. The maximum absolute atomic E-state index is 11.1. The van der Waals surface area contributed by atoms with E-state index in [9.17, 15) is 4.79 Å². The lowest BCUT2D eigenvalue weighted by Crippen LogP contribution is -2.39. The molecule has 19 heavy (non-hydrogen) atoms. The van der Waals surface area contributed by atoms with Gasteiger partial charge < -0.3 is 20.1 Å². The van der Waals surface area contributed by atoms with E-state index in [1.807, 2.05) is 4.90 Å². The standard InChI is InChI=1S/C11H17N5O3/c1-18-10-13-9(14-11(15-10)19-2)16-5-3-7(4-6-16)8(12)17/h7H,3-6H2,1-2H3,(H2,12,17). The summed E-state index contributed by atoms with van der Waals surface area (Å²) >= 11 is 0. The molecule has 2 rings (SSSR count). The summed E-state index contributed by atoms with van der Waals surface area (Å²) in [6.45, 7) is 1.34. The molecule has 8 nitrogen and oxygen atoms in total. The number of nitrogens with two attached hydrogens (primary N) is 1. The number of anilines is 1. The summed E-state index contributed by atoms with van der Waals surface area (Å²) in [6, 6.07) is 0.415. The maximum Gasteiger partial charge on any atom is 0.324 e. The van der Waals surface area contributed by atoms with Crippen LogP contribution < -0.4 is 20.1 Å². The second-order valence-corrected chi connectivity index (χ2v) is 4.27. The number of hydrogen-bond donors (Lipinski definition) is 1. The molecule has 0 aromatic carbocycles. The predicted molar refractivity (Wildman–Crippen MR) is 67.1 cm³/mol. The largest absolute Gasteiger partial charge is 0.467 e. The molecule has 1 fully saturated rings. The molecule has 1 aliphatic heterocycles. The fraction of sp³-hybridized carbons (Fsp3) is 0.636. The van der Waals surface area contributed by atoms with Gasteiger partial charge in [0.2, 0.25) is 11.9 Å². The minimum absolute atomic E-state index is 0.0677. The molecule has 0 saturated carbocycles. The molecule has 0 bridgehead atoms. The molecule has 0 unspecified atom stereocenters. The lowest BCUT2D eigenvalue weighted by Gasteiger charge is -2.30. The van der Waals surface area contributed by atoms with E-state index in [1.165, 1.54) is 14.2 Å². The number of nitrogens with zero attached hydrogens (tertiary/aromatic N) is 4. The van der Waals surface area contributed by atoms with E-state index in [4.69, 9.17) is 15.2 Å². The molecule has 0 radical (unpaired) electrons. The average molecular weight is 267 g/mol. The van der Waals surface area contributed by atoms with Crippen LogP contribution in [-0.2, 0) is 4.79 Å². The van der Waals surface area contributed by atoms with Crippen molar-refractivity contribution in [2.45, 2.75) is 12.8 Å². The van der Waals surface area contributed by atoms with Gasteiger partial charge in [0.1, 0.15) is 0 Å². The molecule has 1 aromatic heterocycles. The highest BCUT2D eigenvalue weighted by atomic mass is 16.5. The lowest BCUT2D eigenvalue weighted by atomic mass is 9.96. The van der Waals surface area contributed by atoms with E-state index in [2.05, 4.69) is 15.0 Å². The fourth-order valence-electron chi connectivity index (χ4n) is 2.02. The summed E-state index contributed by atoms with van der Waals surface area (Å²) in [7, 11) is 2.97. The van der Waals surface area contributed by atoms with E-state index < -0.39 is 0 Å². The summed E-state index contributed by atoms with van der Waals surface area (Å²) in [5.74, 6) is 0.180. The second-order valence-electron chi connectivity index (χ2n) is 4.27. The predicted octanol–water partition coefficient (Wildman–Crippen LogP) is -0.409. The number of amides is 1. The normalized spacial score (nSPS) is 16.2. The third kappa shape index (κ3) is 3.01. The highest BCUT2D eigenvalue weighted by Gasteiger charge is 2.25. The van der Waals surface area contributed by atoms with Crippen LogP contribution >= 0.6 is 0 Å². The molecular weight excluding hydrogens is 250 g/mol. The van der Waals surface area contributed by atoms with Crippen LogP contribution in [0.2, 0.25) is 0 Å². The molecule has 2 N–H and O–H groups in total. The number of carbonyl (C=O) groups excluding carboxylic acids is 1. The van der Waals surface area contributed by atoms with Gasteiger partial charge in [0.05, 0.1) is 14.2 Å². The van der Waals surface area contributed by atoms with Gasteiger partial charge >= 0.3 is 12.0 Å². The summed E-state index contributed by atoms with van der Waals surface area (Å²) in [5.41, 5.74) is 5.30. The van der Waals surface area contributed by atoms with Gasteiger partial charge in [-0.15, -0.1) is 4.98 Å². The molecule has 104 valence electrons. The first-order valence-corrected chi connectivity index (χ1v) is 6.02. The van der Waals surface area contributed by atoms with E-state index in [-0.39, 0.29) is 23.8 Å². The molecule has 1 amide bonds. The number of rotatable bonds is 4. The number of methoxy groups -OCH3 is 2. The Morgan fingerprint density at radius 1 is 1.16 bits per heavy atom. The van der Waals surface area contributed by atoms with Crippen LogP contribution in [0, 0.1) is 5.92 Å². The molecule has 0 aliphatic carbocycles. The van der Waals surface area contributed by atoms with Crippen LogP contribution in [0.25, 0.3) is 0 Å². The van der Waals surface area contributed by atoms with Gasteiger partial charge in [-0.1, -0.05) is 0 Å². The summed E-state index contributed by atoms with van der Waals surface area (Å²) in [6.07, 6.45) is 1.40. The van der Waals surface area contributed by atoms with Crippen LogP contribution in [0.15, 0.2) is 0 Å². The quantitative estimate of drug-likeness (QED) is 0.790. The Morgan fingerprint density at radius 2 is 1.68 bits per heavy atom. The molecular formula is C11H17N5O3. The van der Waals surface area contributed by atoms with Crippen molar-refractivity contribution in [1.82, 2.24) is 15.0 Å². The van der Waals surface area contributed by atoms with Crippen molar-refractivity contribution in [3.8, 4) is 12.0 Å². The van der Waals surface area contributed by atoms with Crippen molar-refractivity contribution in [3.05, 3.63) is 0 Å². The van der Waals surface area contributed by atoms with E-state index in [1.54, 1.807) is 0 Å². The lowest BCUT2D eigenvalue weighted by molar-refractivity contribution is -0.122. The smallest absolute Gasteiger partial charge is 0.324 e. The van der Waals surface area contributed by atoms with Crippen LogP contribution in [0.5, 0.6) is 12.0 Å². The van der Waals surface area contributed by atoms with E-state index in [0.29, 0.717) is 31.9 Å². The first-order chi connectivity index (χ1) is 9.13. The third-order valence-corrected chi connectivity index (χ3v) is 3.13. The van der Waals surface area contributed by atoms with Crippen LogP contribution in [0.4, 0.5) is 5.95 Å². The highest BCUT2D eigenvalue weighted by molar-refractivity contribution is 5.76. The van der Waals surface area contributed by atoms with Gasteiger partial charge in [-0.05, 0) is 12.8 Å². The zero-order valence-electron chi connectivity index (χ0n) is 11.0. The first-order valence-electron chi connectivity index (χ1n) is 6.02. The maximum atomic E-state index is 11.1. The fourth-order valence-corrected chi connectivity index (χ4v) is 2.02. The van der Waals surface area contributed by atoms with Gasteiger partial charge in [0.25, 0.3) is 0 Å². The molecule has 1 saturated heterocycles. The summed E-state index contributed by atoms with van der Waals surface area (Å²) < 4.78 is 10.0. The number of piperidine rings is 1. The Labute approximate surface area is 110 Å². The summed E-state index contributed by atoms with van der Waals surface area (Å²) in [5, 5.41) is 0. The second kappa shape index (κ2) is 5.68. The van der Waals surface area contributed by atoms with Crippen molar-refractivity contribution < 1.29 is 14.3 Å². The van der Waals surface area contributed by atoms with Crippen molar-refractivity contribution in [3.63, 3.8) is 0 Å². The van der Waals surface area contributed by atoms with Crippen molar-refractivity contribution in [2.75, 3.05) is 32.2 Å². The van der Waals surface area contributed by atoms with E-state index >= 15 is 0 Å². The van der Waals surface area contributed by atoms with Crippen molar-refractivity contribution in [1.29, 1.82) is 0 Å². The summed E-state index contributed by atoms with van der Waals surface area (Å²) in [4.78, 5) is 25.4. The Balaban J connectivity index is 2.12. The first kappa shape index (κ1) is 13.3. The number of aromatic nitrogens is 3. The van der Waals surface area contributed by atoms with Crippen LogP contribution in [0.3, 0.4) is 0 Å². The Bertz CT molecular complexity index is 437. The number of hydrogen-bond acceptors (Lipinski definition) is 7. The van der Waals surface area contributed by atoms with Crippen molar-refractivity contribution in [2.24, 2.45) is 11.7 Å². The van der Waals surface area contributed by atoms with Gasteiger partial charge in [-0.3, -0.25) is 4.79 Å². The molecule has 8 heteroatoms. The van der Waals surface area contributed by atoms with E-state index in [0.717, 1.165) is 0 Å². The molecule has 2 heterocycles. The minimum atomic E-state index is -0.245. The molecule has 1 aliphatic rings. The zero-order valence-corrected chi connectivity index (χ0v) is 11.0. The number of primary amides is 1. The van der Waals surface area contributed by atoms with Crippen LogP contribution in [0.1, 0.15) is 12.8 Å². The van der Waals surface area contributed by atoms with Gasteiger partial charge in [-0.25, -0.2) is 0 Å². The van der Waals surface area contributed by atoms with Crippen LogP contribution in [-0.4, -0.2) is 48.2 Å². The zero-order chi connectivity index (χ0) is 13.8. The van der Waals surface area contributed by atoms with Crippen molar-refractivity contribution >= 4 is 11.9 Å². The van der Waals surface area contributed by atoms with Gasteiger partial charge in [-0.2, -0.15) is 9.97 Å². The average Bonchev–Trinajstić information content (AvgIpc) is 2.46. The number of carbonyl (C=O) groups is 1. The third-order valence-electron chi connectivity index (χ3n) is 3.13. The Morgan fingerprint density at radius 3 is 2.11 bits per heavy atom.